The van der Waals surface area contributed by atoms with E-state index in [0.29, 0.717) is 17.5 Å². The van der Waals surface area contributed by atoms with E-state index < -0.39 is 0 Å². The van der Waals surface area contributed by atoms with Crippen LogP contribution in [0.4, 0.5) is 0 Å². The summed E-state index contributed by atoms with van der Waals surface area (Å²) < 4.78 is 0. The number of hydrogen-bond donors (Lipinski definition) is 1. The molecule has 1 aromatic rings. The van der Waals surface area contributed by atoms with E-state index in [-0.39, 0.29) is 0 Å². The summed E-state index contributed by atoms with van der Waals surface area (Å²) in [5.74, 6) is 0. The Kier molecular flexibility index (Phi) is 1.55. The summed E-state index contributed by atoms with van der Waals surface area (Å²) in [7, 11) is 0. The number of aromatic nitrogens is 1. The molecule has 0 bridgehead atoms. The monoisotopic (exact) mass is 134 g/mol. The Hall–Kier alpha value is -1.56. The minimum atomic E-state index is 0.483. The molecule has 3 heteroatoms. The van der Waals surface area contributed by atoms with E-state index in [9.17, 15) is 4.79 Å². The number of carbonyl (C=O) groups excluding carboxylic acids is 1. The lowest BCUT2D eigenvalue weighted by Crippen LogP contribution is -1.81. The minimum absolute atomic E-state index is 0.483. The molecule has 0 saturated carbocycles. The van der Waals surface area contributed by atoms with Crippen molar-refractivity contribution in [3.8, 4) is 6.07 Å². The number of nitrogens with one attached hydrogen (secondary N) is 1. The van der Waals surface area contributed by atoms with E-state index in [4.69, 9.17) is 5.26 Å². The molecule has 1 aromatic heterocycles. The first-order valence-corrected chi connectivity index (χ1v) is 2.83. The van der Waals surface area contributed by atoms with Gasteiger partial charge in [0.25, 0.3) is 0 Å². The second kappa shape index (κ2) is 2.36. The molecule has 50 valence electrons. The summed E-state index contributed by atoms with van der Waals surface area (Å²) in [6.45, 7) is 1.73. The highest BCUT2D eigenvalue weighted by atomic mass is 16.1. The van der Waals surface area contributed by atoms with Gasteiger partial charge in [0, 0.05) is 6.20 Å². The maximum absolute atomic E-state index is 10.2. The molecule has 10 heavy (non-hydrogen) atoms. The van der Waals surface area contributed by atoms with Crippen LogP contribution in [-0.2, 0) is 0 Å². The van der Waals surface area contributed by atoms with Gasteiger partial charge in [0.15, 0.2) is 6.29 Å². The van der Waals surface area contributed by atoms with Crippen molar-refractivity contribution < 1.29 is 4.79 Å². The standard InChI is InChI=1S/C7H6N2O/c1-5-6(2-8)3-9-7(5)4-10/h3-4,9H,1H3. The van der Waals surface area contributed by atoms with Gasteiger partial charge in [-0.2, -0.15) is 5.26 Å². The third-order valence-electron chi connectivity index (χ3n) is 1.42. The van der Waals surface area contributed by atoms with Crippen LogP contribution < -0.4 is 0 Å². The van der Waals surface area contributed by atoms with E-state index >= 15 is 0 Å². The summed E-state index contributed by atoms with van der Waals surface area (Å²) in [6, 6.07) is 1.96. The van der Waals surface area contributed by atoms with Gasteiger partial charge in [-0.1, -0.05) is 0 Å². The van der Waals surface area contributed by atoms with Crippen LogP contribution in [0.25, 0.3) is 0 Å². The predicted molar refractivity (Wildman–Crippen MR) is 35.6 cm³/mol. The lowest BCUT2D eigenvalue weighted by atomic mass is 10.2. The molecular weight excluding hydrogens is 128 g/mol. The van der Waals surface area contributed by atoms with Gasteiger partial charge >= 0.3 is 0 Å². The Morgan fingerprint density at radius 2 is 2.50 bits per heavy atom. The van der Waals surface area contributed by atoms with Crippen molar-refractivity contribution in [3.63, 3.8) is 0 Å². The van der Waals surface area contributed by atoms with Crippen LogP contribution in [0.3, 0.4) is 0 Å². The minimum Gasteiger partial charge on any atom is -0.358 e. The van der Waals surface area contributed by atoms with E-state index in [1.807, 2.05) is 6.07 Å². The lowest BCUT2D eigenvalue weighted by Gasteiger charge is -1.83. The molecule has 0 fully saturated rings. The molecule has 0 atom stereocenters. The molecule has 0 saturated heterocycles. The van der Waals surface area contributed by atoms with Gasteiger partial charge in [-0.25, -0.2) is 0 Å². The van der Waals surface area contributed by atoms with Gasteiger partial charge in [0.05, 0.1) is 11.3 Å². The van der Waals surface area contributed by atoms with Gasteiger partial charge < -0.3 is 4.98 Å². The van der Waals surface area contributed by atoms with Gasteiger partial charge in [-0.15, -0.1) is 0 Å². The fraction of sp³-hybridized carbons (Fsp3) is 0.143. The average molecular weight is 134 g/mol. The van der Waals surface area contributed by atoms with Crippen LogP contribution in [0, 0.1) is 18.3 Å². The normalized spacial score (nSPS) is 8.80. The molecule has 0 aliphatic rings. The number of H-pyrrole nitrogens is 1. The van der Waals surface area contributed by atoms with Gasteiger partial charge in [0.2, 0.25) is 0 Å². The topological polar surface area (TPSA) is 56.6 Å². The molecule has 0 spiro atoms. The molecule has 0 unspecified atom stereocenters. The lowest BCUT2D eigenvalue weighted by molar-refractivity contribution is 0.111. The maximum Gasteiger partial charge on any atom is 0.166 e. The summed E-state index contributed by atoms with van der Waals surface area (Å²) in [4.78, 5) is 12.9. The van der Waals surface area contributed by atoms with Crippen LogP contribution in [0.2, 0.25) is 0 Å². The summed E-state index contributed by atoms with van der Waals surface area (Å²) >= 11 is 0. The average Bonchev–Trinajstić information content (AvgIpc) is 2.30. The van der Waals surface area contributed by atoms with Gasteiger partial charge in [-0.3, -0.25) is 4.79 Å². The Balaban J connectivity index is 3.24. The van der Waals surface area contributed by atoms with E-state index in [1.54, 1.807) is 6.92 Å². The second-order valence-corrected chi connectivity index (χ2v) is 1.97. The Labute approximate surface area is 58.3 Å². The first-order valence-electron chi connectivity index (χ1n) is 2.83. The SMILES string of the molecule is Cc1c(C#N)c[nH]c1C=O. The highest BCUT2D eigenvalue weighted by Gasteiger charge is 2.03. The van der Waals surface area contributed by atoms with E-state index in [1.165, 1.54) is 6.20 Å². The van der Waals surface area contributed by atoms with Crippen LogP contribution in [0.1, 0.15) is 21.6 Å². The van der Waals surface area contributed by atoms with E-state index in [0.717, 1.165) is 5.56 Å². The molecule has 0 radical (unpaired) electrons. The highest BCUT2D eigenvalue weighted by Crippen LogP contribution is 2.08. The summed E-state index contributed by atoms with van der Waals surface area (Å²) in [5.41, 5.74) is 1.73. The molecule has 1 N–H and O–H groups in total. The van der Waals surface area contributed by atoms with Crippen molar-refractivity contribution in [1.82, 2.24) is 4.98 Å². The molecule has 1 heterocycles. The van der Waals surface area contributed by atoms with Crippen LogP contribution >= 0.6 is 0 Å². The number of nitrogens with zero attached hydrogens (tertiary/aromatic N) is 1. The number of rotatable bonds is 1. The molecular formula is C7H6N2O. The zero-order chi connectivity index (χ0) is 7.56. The Morgan fingerprint density at radius 1 is 1.80 bits per heavy atom. The molecule has 3 nitrogen and oxygen atoms in total. The smallest absolute Gasteiger partial charge is 0.166 e. The first kappa shape index (κ1) is 6.56. The van der Waals surface area contributed by atoms with Crippen molar-refractivity contribution in [2.75, 3.05) is 0 Å². The van der Waals surface area contributed by atoms with Crippen LogP contribution in [0.15, 0.2) is 6.20 Å². The molecule has 0 aliphatic heterocycles. The quantitative estimate of drug-likeness (QED) is 0.582. The van der Waals surface area contributed by atoms with E-state index in [2.05, 4.69) is 4.98 Å². The van der Waals surface area contributed by atoms with Gasteiger partial charge in [-0.05, 0) is 12.5 Å². The number of aldehydes is 1. The van der Waals surface area contributed by atoms with Crippen molar-refractivity contribution in [2.45, 2.75) is 6.92 Å². The predicted octanol–water partition coefficient (Wildman–Crippen LogP) is 1.01. The van der Waals surface area contributed by atoms with Crippen molar-refractivity contribution >= 4 is 6.29 Å². The maximum atomic E-state index is 10.2. The third-order valence-corrected chi connectivity index (χ3v) is 1.42. The molecule has 1 rings (SSSR count). The highest BCUT2D eigenvalue weighted by molar-refractivity contribution is 5.75. The van der Waals surface area contributed by atoms with Crippen molar-refractivity contribution in [1.29, 1.82) is 5.26 Å². The summed E-state index contributed by atoms with van der Waals surface area (Å²) in [6.07, 6.45) is 2.23. The largest absolute Gasteiger partial charge is 0.358 e. The van der Waals surface area contributed by atoms with Crippen LogP contribution in [-0.4, -0.2) is 11.3 Å². The zero-order valence-electron chi connectivity index (χ0n) is 5.51. The van der Waals surface area contributed by atoms with Gasteiger partial charge in [0.1, 0.15) is 6.07 Å². The second-order valence-electron chi connectivity index (χ2n) is 1.97. The fourth-order valence-electron chi connectivity index (χ4n) is 0.750. The molecule has 0 aliphatic carbocycles. The number of nitriles is 1. The number of aromatic amines is 1. The first-order chi connectivity index (χ1) is 4.79. The van der Waals surface area contributed by atoms with Crippen molar-refractivity contribution in [3.05, 3.63) is 23.0 Å². The van der Waals surface area contributed by atoms with Crippen molar-refractivity contribution in [2.24, 2.45) is 0 Å². The third kappa shape index (κ3) is 0.799. The Bertz CT molecular complexity index is 293. The zero-order valence-corrected chi connectivity index (χ0v) is 5.51. The van der Waals surface area contributed by atoms with Crippen LogP contribution in [0.5, 0.6) is 0 Å². The molecule has 0 amide bonds. The number of carbonyl (C=O) groups is 1. The fourth-order valence-corrected chi connectivity index (χ4v) is 0.750. The summed E-state index contributed by atoms with van der Waals surface area (Å²) in [5, 5.41) is 8.44. The Morgan fingerprint density at radius 3 is 2.80 bits per heavy atom. The number of hydrogen-bond acceptors (Lipinski definition) is 2. The molecule has 0 aromatic carbocycles.